The molecule has 1 heterocycles. The van der Waals surface area contributed by atoms with Crippen molar-refractivity contribution >= 4 is 5.91 Å². The van der Waals surface area contributed by atoms with E-state index < -0.39 is 0 Å². The summed E-state index contributed by atoms with van der Waals surface area (Å²) in [5.41, 5.74) is 2.72. The minimum Gasteiger partial charge on any atom is -0.484 e. The Morgan fingerprint density at radius 3 is 2.50 bits per heavy atom. The van der Waals surface area contributed by atoms with Crippen LogP contribution in [-0.4, -0.2) is 22.7 Å². The largest absolute Gasteiger partial charge is 0.484 e. The van der Waals surface area contributed by atoms with Gasteiger partial charge in [0.05, 0.1) is 17.9 Å². The van der Waals surface area contributed by atoms with Gasteiger partial charge in [-0.25, -0.2) is 0 Å². The molecule has 0 saturated carbocycles. The Kier molecular flexibility index (Phi) is 4.65. The van der Waals surface area contributed by atoms with Crippen LogP contribution in [0.15, 0.2) is 36.4 Å². The number of carbonyl (C=O) groups excluding carboxylic acids is 1. The smallest absolute Gasteiger partial charge is 0.258 e. The Hall–Kier alpha value is -2.43. The predicted octanol–water partition coefficient (Wildman–Crippen LogP) is 1.79. The molecule has 0 spiro atoms. The SMILES string of the molecule is Cc1ccc(OCC(=O)NCc2ccc(C)nn2)cc1. The number of amides is 1. The molecule has 5 nitrogen and oxygen atoms in total. The van der Waals surface area contributed by atoms with Crippen LogP contribution in [0.4, 0.5) is 0 Å². The standard InChI is InChI=1S/C15H17N3O2/c1-11-3-7-14(8-4-11)20-10-15(19)16-9-13-6-5-12(2)17-18-13/h3-8H,9-10H2,1-2H3,(H,16,19). The van der Waals surface area contributed by atoms with Gasteiger partial charge in [0, 0.05) is 0 Å². The topological polar surface area (TPSA) is 64.1 Å². The molecule has 1 aromatic carbocycles. The molecule has 1 aromatic heterocycles. The number of hydrogen-bond acceptors (Lipinski definition) is 4. The molecular formula is C15H17N3O2. The lowest BCUT2D eigenvalue weighted by atomic mass is 10.2. The van der Waals surface area contributed by atoms with Crippen molar-refractivity contribution in [2.45, 2.75) is 20.4 Å². The molecule has 0 bridgehead atoms. The van der Waals surface area contributed by atoms with E-state index in [1.165, 1.54) is 0 Å². The minimum atomic E-state index is -0.187. The van der Waals surface area contributed by atoms with Crippen LogP contribution in [0.3, 0.4) is 0 Å². The zero-order valence-electron chi connectivity index (χ0n) is 11.6. The maximum absolute atomic E-state index is 11.6. The van der Waals surface area contributed by atoms with E-state index in [9.17, 15) is 4.79 Å². The summed E-state index contributed by atoms with van der Waals surface area (Å²) in [5, 5.41) is 10.6. The van der Waals surface area contributed by atoms with Crippen LogP contribution < -0.4 is 10.1 Å². The molecule has 2 aromatic rings. The number of carbonyl (C=O) groups is 1. The molecular weight excluding hydrogens is 254 g/mol. The van der Waals surface area contributed by atoms with Gasteiger partial charge in [-0.1, -0.05) is 17.7 Å². The van der Waals surface area contributed by atoms with E-state index in [1.54, 1.807) is 0 Å². The highest BCUT2D eigenvalue weighted by molar-refractivity contribution is 5.77. The van der Waals surface area contributed by atoms with Crippen molar-refractivity contribution in [3.8, 4) is 5.75 Å². The van der Waals surface area contributed by atoms with Gasteiger partial charge >= 0.3 is 0 Å². The summed E-state index contributed by atoms with van der Waals surface area (Å²) in [7, 11) is 0. The van der Waals surface area contributed by atoms with Gasteiger partial charge in [0.15, 0.2) is 6.61 Å². The summed E-state index contributed by atoms with van der Waals surface area (Å²) in [6.07, 6.45) is 0. The van der Waals surface area contributed by atoms with Crippen LogP contribution in [0.2, 0.25) is 0 Å². The molecule has 0 saturated heterocycles. The lowest BCUT2D eigenvalue weighted by molar-refractivity contribution is -0.123. The summed E-state index contributed by atoms with van der Waals surface area (Å²) in [6, 6.07) is 11.3. The van der Waals surface area contributed by atoms with E-state index in [-0.39, 0.29) is 12.5 Å². The van der Waals surface area contributed by atoms with Crippen molar-refractivity contribution in [3.63, 3.8) is 0 Å². The molecule has 2 rings (SSSR count). The highest BCUT2D eigenvalue weighted by Gasteiger charge is 2.03. The molecule has 0 aliphatic heterocycles. The third-order valence-corrected chi connectivity index (χ3v) is 2.71. The first kappa shape index (κ1) is 14.0. The first-order chi connectivity index (χ1) is 9.63. The predicted molar refractivity (Wildman–Crippen MR) is 75.3 cm³/mol. The van der Waals surface area contributed by atoms with Crippen LogP contribution in [-0.2, 0) is 11.3 Å². The average Bonchev–Trinajstić information content (AvgIpc) is 2.46. The summed E-state index contributed by atoms with van der Waals surface area (Å²) in [6.45, 7) is 4.20. The van der Waals surface area contributed by atoms with Crippen LogP contribution in [0.5, 0.6) is 5.75 Å². The monoisotopic (exact) mass is 271 g/mol. The normalized spacial score (nSPS) is 10.1. The lowest BCUT2D eigenvalue weighted by Gasteiger charge is -2.07. The Morgan fingerprint density at radius 2 is 1.85 bits per heavy atom. The quantitative estimate of drug-likeness (QED) is 0.900. The molecule has 0 aliphatic rings. The number of rotatable bonds is 5. The Balaban J connectivity index is 1.75. The first-order valence-electron chi connectivity index (χ1n) is 6.39. The summed E-state index contributed by atoms with van der Waals surface area (Å²) in [4.78, 5) is 11.6. The number of aryl methyl sites for hydroxylation is 2. The van der Waals surface area contributed by atoms with Gasteiger partial charge < -0.3 is 10.1 Å². The summed E-state index contributed by atoms with van der Waals surface area (Å²) < 4.78 is 5.38. The fourth-order valence-electron chi connectivity index (χ4n) is 1.54. The van der Waals surface area contributed by atoms with E-state index in [2.05, 4.69) is 15.5 Å². The fourth-order valence-corrected chi connectivity index (χ4v) is 1.54. The Bertz CT molecular complexity index is 513. The number of ether oxygens (including phenoxy) is 1. The molecule has 1 amide bonds. The zero-order chi connectivity index (χ0) is 14.4. The molecule has 1 N–H and O–H groups in total. The van der Waals surface area contributed by atoms with E-state index in [0.29, 0.717) is 12.3 Å². The van der Waals surface area contributed by atoms with Crippen molar-refractivity contribution in [2.75, 3.05) is 6.61 Å². The van der Waals surface area contributed by atoms with Crippen molar-refractivity contribution < 1.29 is 9.53 Å². The van der Waals surface area contributed by atoms with E-state index in [4.69, 9.17) is 4.74 Å². The Labute approximate surface area is 118 Å². The van der Waals surface area contributed by atoms with Crippen molar-refractivity contribution in [1.82, 2.24) is 15.5 Å². The number of nitrogens with zero attached hydrogens (tertiary/aromatic N) is 2. The zero-order valence-corrected chi connectivity index (χ0v) is 11.6. The van der Waals surface area contributed by atoms with Crippen LogP contribution in [0, 0.1) is 13.8 Å². The molecule has 0 atom stereocenters. The van der Waals surface area contributed by atoms with Crippen molar-refractivity contribution in [3.05, 3.63) is 53.3 Å². The number of nitrogens with one attached hydrogen (secondary N) is 1. The van der Waals surface area contributed by atoms with Crippen LogP contribution >= 0.6 is 0 Å². The average molecular weight is 271 g/mol. The highest BCUT2D eigenvalue weighted by atomic mass is 16.5. The third-order valence-electron chi connectivity index (χ3n) is 2.71. The second kappa shape index (κ2) is 6.65. The van der Waals surface area contributed by atoms with E-state index >= 15 is 0 Å². The first-order valence-corrected chi connectivity index (χ1v) is 6.39. The number of hydrogen-bond donors (Lipinski definition) is 1. The third kappa shape index (κ3) is 4.35. The van der Waals surface area contributed by atoms with Crippen molar-refractivity contribution in [2.24, 2.45) is 0 Å². The van der Waals surface area contributed by atoms with Gasteiger partial charge in [-0.15, -0.1) is 0 Å². The van der Waals surface area contributed by atoms with E-state index in [0.717, 1.165) is 17.0 Å². The van der Waals surface area contributed by atoms with Crippen LogP contribution in [0.25, 0.3) is 0 Å². The summed E-state index contributed by atoms with van der Waals surface area (Å²) in [5.74, 6) is 0.494. The number of aromatic nitrogens is 2. The van der Waals surface area contributed by atoms with Gasteiger partial charge in [0.1, 0.15) is 5.75 Å². The molecule has 104 valence electrons. The second-order valence-electron chi connectivity index (χ2n) is 4.54. The van der Waals surface area contributed by atoms with E-state index in [1.807, 2.05) is 50.2 Å². The molecule has 0 unspecified atom stereocenters. The molecule has 20 heavy (non-hydrogen) atoms. The van der Waals surface area contributed by atoms with Gasteiger partial charge in [-0.05, 0) is 38.1 Å². The van der Waals surface area contributed by atoms with Gasteiger partial charge in [-0.3, -0.25) is 4.79 Å². The van der Waals surface area contributed by atoms with Gasteiger partial charge in [0.2, 0.25) is 0 Å². The minimum absolute atomic E-state index is 0.0116. The number of benzene rings is 1. The maximum atomic E-state index is 11.6. The van der Waals surface area contributed by atoms with Gasteiger partial charge in [0.25, 0.3) is 5.91 Å². The van der Waals surface area contributed by atoms with Crippen molar-refractivity contribution in [1.29, 1.82) is 0 Å². The molecule has 5 heteroatoms. The summed E-state index contributed by atoms with van der Waals surface area (Å²) >= 11 is 0. The molecule has 0 aliphatic carbocycles. The molecule has 0 fully saturated rings. The molecule has 0 radical (unpaired) electrons. The second-order valence-corrected chi connectivity index (χ2v) is 4.54. The fraction of sp³-hybridized carbons (Fsp3) is 0.267. The van der Waals surface area contributed by atoms with Crippen LogP contribution in [0.1, 0.15) is 17.0 Å². The Morgan fingerprint density at radius 1 is 1.10 bits per heavy atom. The highest BCUT2D eigenvalue weighted by Crippen LogP contribution is 2.10. The maximum Gasteiger partial charge on any atom is 0.258 e. The lowest BCUT2D eigenvalue weighted by Crippen LogP contribution is -2.28. The van der Waals surface area contributed by atoms with Gasteiger partial charge in [-0.2, -0.15) is 10.2 Å².